The lowest BCUT2D eigenvalue weighted by Crippen LogP contribution is -2.41. The molecular weight excluding hydrogens is 342 g/mol. The predicted molar refractivity (Wildman–Crippen MR) is 72.3 cm³/mol. The van der Waals surface area contributed by atoms with E-state index < -0.39 is 35.1 Å². The Morgan fingerprint density at radius 1 is 1.00 bits per heavy atom. The minimum absolute atomic E-state index is 0.0115. The molecule has 0 aliphatic carbocycles. The number of morpholine rings is 1. The van der Waals surface area contributed by atoms with Crippen molar-refractivity contribution in [1.82, 2.24) is 4.90 Å². The molecule has 4 nitrogen and oxygen atoms in total. The number of benzene rings is 1. The summed E-state index contributed by atoms with van der Waals surface area (Å²) >= 11 is 0. The van der Waals surface area contributed by atoms with Gasteiger partial charge in [-0.15, -0.1) is 0 Å². The van der Waals surface area contributed by atoms with Gasteiger partial charge in [0.1, 0.15) is 0 Å². The summed E-state index contributed by atoms with van der Waals surface area (Å²) in [5.41, 5.74) is -3.49. The van der Waals surface area contributed by atoms with E-state index in [9.17, 15) is 31.1 Å². The van der Waals surface area contributed by atoms with Gasteiger partial charge in [-0.1, -0.05) is 0 Å². The molecular formula is C14H14F6N2O2. The van der Waals surface area contributed by atoms with Crippen molar-refractivity contribution in [3.05, 3.63) is 29.3 Å². The van der Waals surface area contributed by atoms with Crippen LogP contribution in [-0.4, -0.2) is 43.7 Å². The van der Waals surface area contributed by atoms with Crippen molar-refractivity contribution in [2.24, 2.45) is 0 Å². The topological polar surface area (TPSA) is 41.6 Å². The highest BCUT2D eigenvalue weighted by molar-refractivity contribution is 5.92. The van der Waals surface area contributed by atoms with Gasteiger partial charge in [-0.05, 0) is 18.2 Å². The molecule has 0 spiro atoms. The average Bonchev–Trinajstić information content (AvgIpc) is 2.46. The fourth-order valence-corrected chi connectivity index (χ4v) is 2.19. The van der Waals surface area contributed by atoms with Crippen molar-refractivity contribution < 1.29 is 35.9 Å². The van der Waals surface area contributed by atoms with Gasteiger partial charge in [0.25, 0.3) is 0 Å². The first-order valence-corrected chi connectivity index (χ1v) is 6.95. The van der Waals surface area contributed by atoms with Crippen LogP contribution in [0.2, 0.25) is 0 Å². The maximum Gasteiger partial charge on any atom is 0.416 e. The molecule has 0 atom stereocenters. The number of carbonyl (C=O) groups is 1. The molecule has 1 aliphatic heterocycles. The van der Waals surface area contributed by atoms with E-state index in [4.69, 9.17) is 4.74 Å². The van der Waals surface area contributed by atoms with Crippen molar-refractivity contribution >= 4 is 11.6 Å². The monoisotopic (exact) mass is 356 g/mol. The summed E-state index contributed by atoms with van der Waals surface area (Å²) in [6.45, 7) is 1.61. The number of hydrogen-bond acceptors (Lipinski definition) is 3. The first-order chi connectivity index (χ1) is 11.1. The SMILES string of the molecule is O=C(CN1CCOCC1)Nc1cc(C(F)(F)F)cc(C(F)(F)F)c1. The maximum absolute atomic E-state index is 12.7. The summed E-state index contributed by atoms with van der Waals surface area (Å²) in [5.74, 6) is -0.690. The Labute approximate surface area is 133 Å². The lowest BCUT2D eigenvalue weighted by atomic mass is 10.1. The van der Waals surface area contributed by atoms with E-state index in [1.54, 1.807) is 4.90 Å². The molecule has 1 aromatic rings. The van der Waals surface area contributed by atoms with E-state index in [2.05, 4.69) is 5.32 Å². The summed E-state index contributed by atoms with van der Waals surface area (Å²) in [7, 11) is 0. The molecule has 134 valence electrons. The van der Waals surface area contributed by atoms with Crippen LogP contribution in [0.4, 0.5) is 32.0 Å². The molecule has 1 aromatic carbocycles. The largest absolute Gasteiger partial charge is 0.416 e. The molecule has 1 aliphatic rings. The van der Waals surface area contributed by atoms with Gasteiger partial charge < -0.3 is 10.1 Å². The van der Waals surface area contributed by atoms with Crippen LogP contribution in [0.3, 0.4) is 0 Å². The van der Waals surface area contributed by atoms with Crippen LogP contribution < -0.4 is 5.32 Å². The van der Waals surface area contributed by atoms with Gasteiger partial charge in [-0.2, -0.15) is 26.3 Å². The summed E-state index contributed by atoms with van der Waals surface area (Å²) in [5, 5.41) is 2.09. The predicted octanol–water partition coefficient (Wildman–Crippen LogP) is 2.99. The highest BCUT2D eigenvalue weighted by atomic mass is 19.4. The normalized spacial score (nSPS) is 16.9. The summed E-state index contributed by atoms with van der Waals surface area (Å²) in [6, 6.07) is 0.969. The van der Waals surface area contributed by atoms with Crippen LogP contribution in [0.15, 0.2) is 18.2 Å². The third kappa shape index (κ3) is 5.10. The summed E-state index contributed by atoms with van der Waals surface area (Å²) in [4.78, 5) is 13.5. The minimum Gasteiger partial charge on any atom is -0.379 e. The molecule has 0 saturated carbocycles. The quantitative estimate of drug-likeness (QED) is 0.847. The molecule has 1 N–H and O–H groups in total. The highest BCUT2D eigenvalue weighted by Crippen LogP contribution is 2.37. The van der Waals surface area contributed by atoms with Crippen molar-refractivity contribution in [2.45, 2.75) is 12.4 Å². The summed E-state index contributed by atoms with van der Waals surface area (Å²) < 4.78 is 81.5. The van der Waals surface area contributed by atoms with E-state index in [1.807, 2.05) is 0 Å². The van der Waals surface area contributed by atoms with E-state index >= 15 is 0 Å². The second kappa shape index (κ2) is 6.98. The average molecular weight is 356 g/mol. The first-order valence-electron chi connectivity index (χ1n) is 6.95. The van der Waals surface area contributed by atoms with Gasteiger partial charge in [0.2, 0.25) is 5.91 Å². The summed E-state index contributed by atoms with van der Waals surface area (Å²) in [6.07, 6.45) is -9.91. The van der Waals surface area contributed by atoms with Gasteiger partial charge in [-0.25, -0.2) is 0 Å². The first kappa shape index (κ1) is 18.5. The molecule has 1 fully saturated rings. The molecule has 0 aromatic heterocycles. The number of nitrogens with one attached hydrogen (secondary N) is 1. The maximum atomic E-state index is 12.7. The van der Waals surface area contributed by atoms with Gasteiger partial charge in [0.05, 0.1) is 30.9 Å². The number of amides is 1. The number of rotatable bonds is 3. The molecule has 10 heteroatoms. The Morgan fingerprint density at radius 3 is 1.96 bits per heavy atom. The van der Waals surface area contributed by atoms with Crippen LogP contribution >= 0.6 is 0 Å². The van der Waals surface area contributed by atoms with E-state index in [0.29, 0.717) is 38.4 Å². The number of ether oxygens (including phenoxy) is 1. The Balaban J connectivity index is 2.17. The smallest absolute Gasteiger partial charge is 0.379 e. The number of anilines is 1. The van der Waals surface area contributed by atoms with Crippen molar-refractivity contribution in [1.29, 1.82) is 0 Å². The number of hydrogen-bond donors (Lipinski definition) is 1. The van der Waals surface area contributed by atoms with Crippen molar-refractivity contribution in [3.8, 4) is 0 Å². The molecule has 1 amide bonds. The number of alkyl halides is 6. The van der Waals surface area contributed by atoms with Gasteiger partial charge in [0.15, 0.2) is 0 Å². The zero-order chi connectivity index (χ0) is 18.0. The molecule has 24 heavy (non-hydrogen) atoms. The van der Waals surface area contributed by atoms with Gasteiger partial charge in [0, 0.05) is 18.8 Å². The van der Waals surface area contributed by atoms with Gasteiger partial charge in [-0.3, -0.25) is 9.69 Å². The number of halogens is 6. The zero-order valence-electron chi connectivity index (χ0n) is 12.3. The van der Waals surface area contributed by atoms with E-state index in [-0.39, 0.29) is 12.6 Å². The number of carbonyl (C=O) groups excluding carboxylic acids is 1. The minimum atomic E-state index is -4.95. The Hall–Kier alpha value is -1.81. The lowest BCUT2D eigenvalue weighted by Gasteiger charge is -2.25. The molecule has 1 heterocycles. The van der Waals surface area contributed by atoms with E-state index in [1.165, 1.54) is 0 Å². The van der Waals surface area contributed by atoms with Crippen LogP contribution in [-0.2, 0) is 21.9 Å². The molecule has 0 radical (unpaired) electrons. The molecule has 2 rings (SSSR count). The fourth-order valence-electron chi connectivity index (χ4n) is 2.19. The zero-order valence-corrected chi connectivity index (χ0v) is 12.3. The van der Waals surface area contributed by atoms with Crippen LogP contribution in [0.1, 0.15) is 11.1 Å². The Kier molecular flexibility index (Phi) is 5.38. The molecule has 1 saturated heterocycles. The fraction of sp³-hybridized carbons (Fsp3) is 0.500. The Bertz CT molecular complexity index is 562. The lowest BCUT2D eigenvalue weighted by molar-refractivity contribution is -0.143. The standard InChI is InChI=1S/C14H14F6N2O2/c15-13(16,17)9-5-10(14(18,19)20)7-11(6-9)21-12(23)8-22-1-3-24-4-2-22/h5-7H,1-4,8H2,(H,21,23). The van der Waals surface area contributed by atoms with Crippen molar-refractivity contribution in [2.75, 3.05) is 38.2 Å². The van der Waals surface area contributed by atoms with Crippen molar-refractivity contribution in [3.63, 3.8) is 0 Å². The second-order valence-corrected chi connectivity index (χ2v) is 5.23. The third-order valence-electron chi connectivity index (χ3n) is 3.34. The molecule has 0 unspecified atom stereocenters. The van der Waals surface area contributed by atoms with Crippen LogP contribution in [0, 0.1) is 0 Å². The van der Waals surface area contributed by atoms with Crippen LogP contribution in [0.25, 0.3) is 0 Å². The van der Waals surface area contributed by atoms with E-state index in [0.717, 1.165) is 0 Å². The highest BCUT2D eigenvalue weighted by Gasteiger charge is 2.37. The third-order valence-corrected chi connectivity index (χ3v) is 3.34. The molecule has 0 bridgehead atoms. The second-order valence-electron chi connectivity index (χ2n) is 5.23. The Morgan fingerprint density at radius 2 is 1.50 bits per heavy atom. The van der Waals surface area contributed by atoms with Crippen LogP contribution in [0.5, 0.6) is 0 Å². The van der Waals surface area contributed by atoms with Gasteiger partial charge >= 0.3 is 12.4 Å². The number of nitrogens with zero attached hydrogens (tertiary/aromatic N) is 1.